The number of aromatic nitrogens is 3. The third-order valence-electron chi connectivity index (χ3n) is 5.11. The van der Waals surface area contributed by atoms with E-state index in [9.17, 15) is 9.90 Å². The van der Waals surface area contributed by atoms with E-state index in [1.54, 1.807) is 23.3 Å². The molecule has 4 rings (SSSR count). The van der Waals surface area contributed by atoms with E-state index in [1.165, 1.54) is 0 Å². The number of carbonyl (C=O) groups is 1. The topological polar surface area (TPSA) is 80.0 Å². The summed E-state index contributed by atoms with van der Waals surface area (Å²) in [4.78, 5) is 16.7. The molecule has 134 valence electrons. The van der Waals surface area contributed by atoms with Crippen molar-refractivity contribution in [2.75, 3.05) is 0 Å². The van der Waals surface area contributed by atoms with E-state index < -0.39 is 0 Å². The first-order valence-electron chi connectivity index (χ1n) is 8.96. The van der Waals surface area contributed by atoms with Gasteiger partial charge in [0.2, 0.25) is 5.91 Å². The van der Waals surface area contributed by atoms with Crippen LogP contribution in [0.5, 0.6) is 0 Å². The van der Waals surface area contributed by atoms with Gasteiger partial charge in [-0.2, -0.15) is 5.10 Å². The van der Waals surface area contributed by atoms with Gasteiger partial charge in [-0.15, -0.1) is 0 Å². The van der Waals surface area contributed by atoms with Crippen LogP contribution in [0, 0.1) is 5.92 Å². The van der Waals surface area contributed by atoms with Crippen LogP contribution in [0.2, 0.25) is 0 Å². The Morgan fingerprint density at radius 3 is 2.77 bits per heavy atom. The van der Waals surface area contributed by atoms with Crippen LogP contribution in [0.1, 0.15) is 18.4 Å². The SMILES string of the molecule is O=C(Cn1ncc2ccccc21)N[C@@H](Cc1ccncc1)C1CC(O)C1. The predicted octanol–water partition coefficient (Wildman–Crippen LogP) is 1.93. The number of hydrogen-bond donors (Lipinski definition) is 2. The Kier molecular flexibility index (Phi) is 4.67. The minimum Gasteiger partial charge on any atom is -0.393 e. The van der Waals surface area contributed by atoms with E-state index in [-0.39, 0.29) is 24.6 Å². The standard InChI is InChI=1S/C20H22N4O2/c25-17-10-16(11-17)18(9-14-5-7-21-8-6-14)23-20(26)13-24-19-4-2-1-3-15(19)12-22-24/h1-8,12,16-18,25H,9-11,13H2,(H,23,26)/t16?,17?,18-/m0/s1. The van der Waals surface area contributed by atoms with Crippen LogP contribution in [0.15, 0.2) is 55.0 Å². The minimum absolute atomic E-state index is 0.00938. The number of aliphatic hydroxyl groups excluding tert-OH is 1. The molecule has 1 aliphatic carbocycles. The molecule has 6 heteroatoms. The summed E-state index contributed by atoms with van der Waals surface area (Å²) >= 11 is 0. The van der Waals surface area contributed by atoms with Gasteiger partial charge in [-0.1, -0.05) is 18.2 Å². The molecule has 1 amide bonds. The Morgan fingerprint density at radius 1 is 1.23 bits per heavy atom. The molecule has 0 radical (unpaired) electrons. The van der Waals surface area contributed by atoms with Gasteiger partial charge in [0.15, 0.2) is 0 Å². The van der Waals surface area contributed by atoms with E-state index >= 15 is 0 Å². The number of carbonyl (C=O) groups excluding carboxylic acids is 1. The quantitative estimate of drug-likeness (QED) is 0.712. The third-order valence-corrected chi connectivity index (χ3v) is 5.11. The number of hydrogen-bond acceptors (Lipinski definition) is 4. The Morgan fingerprint density at radius 2 is 2.00 bits per heavy atom. The van der Waals surface area contributed by atoms with Crippen LogP contribution in [0.25, 0.3) is 10.9 Å². The molecule has 26 heavy (non-hydrogen) atoms. The van der Waals surface area contributed by atoms with Crippen molar-refractivity contribution in [2.45, 2.75) is 38.0 Å². The first-order valence-corrected chi connectivity index (χ1v) is 8.96. The first-order chi connectivity index (χ1) is 12.7. The number of amides is 1. The molecule has 2 N–H and O–H groups in total. The summed E-state index contributed by atoms with van der Waals surface area (Å²) in [5, 5.41) is 18.2. The van der Waals surface area contributed by atoms with Crippen LogP contribution in [0.3, 0.4) is 0 Å². The molecule has 0 unspecified atom stereocenters. The molecule has 1 saturated carbocycles. The van der Waals surface area contributed by atoms with Crippen molar-refractivity contribution in [3.8, 4) is 0 Å². The van der Waals surface area contributed by atoms with Crippen LogP contribution < -0.4 is 5.32 Å². The minimum atomic E-state index is -0.244. The molecule has 6 nitrogen and oxygen atoms in total. The highest BCUT2D eigenvalue weighted by atomic mass is 16.3. The molecule has 1 aromatic carbocycles. The van der Waals surface area contributed by atoms with Crippen LogP contribution in [-0.4, -0.2) is 37.9 Å². The van der Waals surface area contributed by atoms with Crippen molar-refractivity contribution in [2.24, 2.45) is 5.92 Å². The largest absolute Gasteiger partial charge is 0.393 e. The summed E-state index contributed by atoms with van der Waals surface area (Å²) in [5.74, 6) is 0.246. The average Bonchev–Trinajstić information content (AvgIpc) is 3.02. The lowest BCUT2D eigenvalue weighted by atomic mass is 9.75. The number of aliphatic hydroxyl groups is 1. The maximum absolute atomic E-state index is 12.6. The highest BCUT2D eigenvalue weighted by Crippen LogP contribution is 2.31. The van der Waals surface area contributed by atoms with Crippen molar-refractivity contribution < 1.29 is 9.90 Å². The number of benzene rings is 1. The fourth-order valence-corrected chi connectivity index (χ4v) is 3.61. The zero-order chi connectivity index (χ0) is 17.9. The smallest absolute Gasteiger partial charge is 0.241 e. The second kappa shape index (κ2) is 7.25. The van der Waals surface area contributed by atoms with E-state index in [2.05, 4.69) is 15.4 Å². The summed E-state index contributed by atoms with van der Waals surface area (Å²) < 4.78 is 1.73. The molecule has 0 aliphatic heterocycles. The maximum atomic E-state index is 12.6. The summed E-state index contributed by atoms with van der Waals surface area (Å²) in [6.07, 6.45) is 7.28. The van der Waals surface area contributed by atoms with Crippen LogP contribution in [-0.2, 0) is 17.8 Å². The number of nitrogens with one attached hydrogen (secondary N) is 1. The van der Waals surface area contributed by atoms with Crippen molar-refractivity contribution in [3.63, 3.8) is 0 Å². The second-order valence-corrected chi connectivity index (χ2v) is 6.98. The molecule has 2 heterocycles. The van der Waals surface area contributed by atoms with E-state index in [1.807, 2.05) is 36.4 Å². The Balaban J connectivity index is 1.45. The zero-order valence-corrected chi connectivity index (χ0v) is 14.5. The van der Waals surface area contributed by atoms with Gasteiger partial charge in [-0.05, 0) is 48.9 Å². The Bertz CT molecular complexity index is 887. The van der Waals surface area contributed by atoms with E-state index in [0.717, 1.165) is 35.7 Å². The zero-order valence-electron chi connectivity index (χ0n) is 14.5. The van der Waals surface area contributed by atoms with Gasteiger partial charge >= 0.3 is 0 Å². The molecular weight excluding hydrogens is 328 g/mol. The number of rotatable bonds is 6. The van der Waals surface area contributed by atoms with Crippen molar-refractivity contribution in [1.29, 1.82) is 0 Å². The lowest BCUT2D eigenvalue weighted by Gasteiger charge is -2.38. The number of para-hydroxylation sites is 1. The second-order valence-electron chi connectivity index (χ2n) is 6.98. The third kappa shape index (κ3) is 3.60. The fourth-order valence-electron chi connectivity index (χ4n) is 3.61. The Labute approximate surface area is 151 Å². The summed E-state index contributed by atoms with van der Waals surface area (Å²) in [5.41, 5.74) is 2.09. The number of pyridine rings is 1. The van der Waals surface area contributed by atoms with Gasteiger partial charge in [0.1, 0.15) is 6.54 Å². The van der Waals surface area contributed by atoms with Gasteiger partial charge in [0, 0.05) is 23.8 Å². The molecule has 2 aromatic heterocycles. The highest BCUT2D eigenvalue weighted by Gasteiger charge is 2.34. The molecule has 0 spiro atoms. The maximum Gasteiger partial charge on any atom is 0.241 e. The molecule has 0 bridgehead atoms. The molecule has 3 aromatic rings. The van der Waals surface area contributed by atoms with Gasteiger partial charge in [0.25, 0.3) is 0 Å². The van der Waals surface area contributed by atoms with Gasteiger partial charge < -0.3 is 10.4 Å². The molecule has 1 atom stereocenters. The van der Waals surface area contributed by atoms with Crippen LogP contribution >= 0.6 is 0 Å². The summed E-state index contributed by atoms with van der Waals surface area (Å²) in [7, 11) is 0. The Hall–Kier alpha value is -2.73. The van der Waals surface area contributed by atoms with E-state index in [4.69, 9.17) is 0 Å². The fraction of sp³-hybridized carbons (Fsp3) is 0.350. The lowest BCUT2D eigenvalue weighted by Crippen LogP contribution is -2.49. The normalized spacial score (nSPS) is 20.5. The predicted molar refractivity (Wildman–Crippen MR) is 98.3 cm³/mol. The summed E-state index contributed by atoms with van der Waals surface area (Å²) in [6, 6.07) is 11.8. The molecule has 1 aliphatic rings. The van der Waals surface area contributed by atoms with Crippen molar-refractivity contribution in [1.82, 2.24) is 20.1 Å². The molecule has 0 saturated heterocycles. The molecule has 1 fully saturated rings. The lowest BCUT2D eigenvalue weighted by molar-refractivity contribution is -0.123. The number of fused-ring (bicyclic) bond motifs is 1. The van der Waals surface area contributed by atoms with Crippen LogP contribution in [0.4, 0.5) is 0 Å². The number of nitrogens with zero attached hydrogens (tertiary/aromatic N) is 3. The molecular formula is C20H22N4O2. The average molecular weight is 350 g/mol. The van der Waals surface area contributed by atoms with Gasteiger partial charge in [-0.25, -0.2) is 0 Å². The first kappa shape index (κ1) is 16.7. The van der Waals surface area contributed by atoms with Gasteiger partial charge in [-0.3, -0.25) is 14.5 Å². The summed E-state index contributed by atoms with van der Waals surface area (Å²) in [6.45, 7) is 0.190. The monoisotopic (exact) mass is 350 g/mol. The van der Waals surface area contributed by atoms with Crippen molar-refractivity contribution >= 4 is 16.8 Å². The highest BCUT2D eigenvalue weighted by molar-refractivity contribution is 5.82. The van der Waals surface area contributed by atoms with Gasteiger partial charge in [0.05, 0.1) is 17.8 Å². The van der Waals surface area contributed by atoms with E-state index in [0.29, 0.717) is 5.92 Å². The van der Waals surface area contributed by atoms with Crippen molar-refractivity contribution in [3.05, 3.63) is 60.6 Å².